The zero-order valence-electron chi connectivity index (χ0n) is 13.7. The van der Waals surface area contributed by atoms with E-state index in [1.54, 1.807) is 7.11 Å². The molecule has 0 saturated carbocycles. The highest BCUT2D eigenvalue weighted by Crippen LogP contribution is 2.52. The van der Waals surface area contributed by atoms with Crippen molar-refractivity contribution in [3.63, 3.8) is 0 Å². The van der Waals surface area contributed by atoms with E-state index in [0.29, 0.717) is 12.0 Å². The predicted octanol–water partition coefficient (Wildman–Crippen LogP) is 3.80. The standard InChI is InChI=1S/C18H26BrNO2/c1-13-17-20(2)11-9-18(13,12-14(22-17)8-10-19)15-6-4-5-7-16(15)21-3/h4-7,13-14,17H,8-12H2,1-3H3. The Balaban J connectivity index is 2.04. The molecule has 2 bridgehead atoms. The zero-order chi connectivity index (χ0) is 15.7. The molecule has 22 heavy (non-hydrogen) atoms. The van der Waals surface area contributed by atoms with E-state index in [1.807, 2.05) is 0 Å². The van der Waals surface area contributed by atoms with Gasteiger partial charge in [0.2, 0.25) is 0 Å². The lowest BCUT2D eigenvalue weighted by Crippen LogP contribution is -2.60. The highest BCUT2D eigenvalue weighted by molar-refractivity contribution is 9.09. The molecule has 2 aliphatic rings. The monoisotopic (exact) mass is 367 g/mol. The maximum Gasteiger partial charge on any atom is 0.122 e. The highest BCUT2D eigenvalue weighted by atomic mass is 79.9. The Morgan fingerprint density at radius 1 is 1.41 bits per heavy atom. The number of ether oxygens (including phenoxy) is 2. The fourth-order valence-electron chi connectivity index (χ4n) is 4.38. The maximum absolute atomic E-state index is 6.40. The molecule has 4 unspecified atom stereocenters. The molecule has 0 radical (unpaired) electrons. The van der Waals surface area contributed by atoms with Crippen molar-refractivity contribution in [1.29, 1.82) is 0 Å². The number of alkyl halides is 1. The molecule has 3 rings (SSSR count). The van der Waals surface area contributed by atoms with Gasteiger partial charge in [0.15, 0.2) is 0 Å². The van der Waals surface area contributed by atoms with E-state index in [0.717, 1.165) is 30.5 Å². The van der Waals surface area contributed by atoms with Crippen LogP contribution >= 0.6 is 15.9 Å². The van der Waals surface area contributed by atoms with Crippen molar-refractivity contribution in [2.45, 2.75) is 43.9 Å². The first kappa shape index (κ1) is 16.3. The maximum atomic E-state index is 6.40. The second kappa shape index (κ2) is 6.50. The third kappa shape index (κ3) is 2.59. The van der Waals surface area contributed by atoms with Crippen LogP contribution in [0.2, 0.25) is 0 Å². The number of hydrogen-bond donors (Lipinski definition) is 0. The first-order valence-corrected chi connectivity index (χ1v) is 9.29. The highest BCUT2D eigenvalue weighted by Gasteiger charge is 2.53. The number of halogens is 1. The van der Waals surface area contributed by atoms with Crippen LogP contribution in [0.5, 0.6) is 5.75 Å². The van der Waals surface area contributed by atoms with Crippen LogP contribution in [0.1, 0.15) is 31.7 Å². The molecule has 4 atom stereocenters. The molecule has 1 aromatic carbocycles. The fraction of sp³-hybridized carbons (Fsp3) is 0.667. The van der Waals surface area contributed by atoms with Crippen molar-refractivity contribution < 1.29 is 9.47 Å². The minimum absolute atomic E-state index is 0.162. The van der Waals surface area contributed by atoms with Crippen molar-refractivity contribution >= 4 is 15.9 Å². The molecule has 2 heterocycles. The van der Waals surface area contributed by atoms with Gasteiger partial charge in [0.05, 0.1) is 13.2 Å². The number of nitrogens with zero attached hydrogens (tertiary/aromatic N) is 1. The minimum Gasteiger partial charge on any atom is -0.496 e. The van der Waals surface area contributed by atoms with Crippen LogP contribution < -0.4 is 4.74 Å². The van der Waals surface area contributed by atoms with Gasteiger partial charge in [-0.1, -0.05) is 41.1 Å². The number of para-hydroxylation sites is 1. The quantitative estimate of drug-likeness (QED) is 0.755. The molecule has 3 nitrogen and oxygen atoms in total. The summed E-state index contributed by atoms with van der Waals surface area (Å²) in [5, 5.41) is 0.991. The van der Waals surface area contributed by atoms with Crippen LogP contribution in [0.3, 0.4) is 0 Å². The Kier molecular flexibility index (Phi) is 4.81. The van der Waals surface area contributed by atoms with Crippen LogP contribution in [0.15, 0.2) is 24.3 Å². The molecule has 0 aliphatic carbocycles. The van der Waals surface area contributed by atoms with Gasteiger partial charge < -0.3 is 9.47 Å². The number of likely N-dealkylation sites (tertiary alicyclic amines) is 1. The Hall–Kier alpha value is -0.580. The van der Waals surface area contributed by atoms with E-state index >= 15 is 0 Å². The SMILES string of the molecule is COc1ccccc1C12CCN(C)C(OC(CCBr)C1)C2C. The van der Waals surface area contributed by atoms with Gasteiger partial charge in [-0.05, 0) is 32.4 Å². The van der Waals surface area contributed by atoms with Crippen LogP contribution in [0, 0.1) is 5.92 Å². The third-order valence-corrected chi connectivity index (χ3v) is 6.10. The normalized spacial score (nSPS) is 35.4. The van der Waals surface area contributed by atoms with E-state index < -0.39 is 0 Å². The second-order valence-electron chi connectivity index (χ2n) is 6.71. The van der Waals surface area contributed by atoms with Crippen molar-refractivity contribution in [3.05, 3.63) is 29.8 Å². The first-order chi connectivity index (χ1) is 10.6. The number of methoxy groups -OCH3 is 1. The summed E-state index contributed by atoms with van der Waals surface area (Å²) in [7, 11) is 3.96. The van der Waals surface area contributed by atoms with Gasteiger partial charge >= 0.3 is 0 Å². The van der Waals surface area contributed by atoms with Gasteiger partial charge in [-0.3, -0.25) is 4.90 Å². The molecular weight excluding hydrogens is 342 g/mol. The number of piperidine rings is 1. The van der Waals surface area contributed by atoms with Crippen LogP contribution in [-0.4, -0.2) is 43.3 Å². The number of fused-ring (bicyclic) bond motifs is 2. The fourth-order valence-corrected chi connectivity index (χ4v) is 4.89. The number of benzene rings is 1. The summed E-state index contributed by atoms with van der Waals surface area (Å²) in [4.78, 5) is 2.37. The molecule has 0 N–H and O–H groups in total. The summed E-state index contributed by atoms with van der Waals surface area (Å²) >= 11 is 3.58. The Morgan fingerprint density at radius 3 is 2.91 bits per heavy atom. The lowest BCUT2D eigenvalue weighted by molar-refractivity contribution is -0.201. The number of rotatable bonds is 4. The topological polar surface area (TPSA) is 21.7 Å². The molecule has 2 fully saturated rings. The van der Waals surface area contributed by atoms with E-state index in [2.05, 4.69) is 59.1 Å². The number of hydrogen-bond acceptors (Lipinski definition) is 3. The summed E-state index contributed by atoms with van der Waals surface area (Å²) < 4.78 is 12.1. The van der Waals surface area contributed by atoms with Gasteiger partial charge in [0, 0.05) is 28.8 Å². The van der Waals surface area contributed by atoms with Gasteiger partial charge in [0.1, 0.15) is 12.0 Å². The average Bonchev–Trinajstić information content (AvgIpc) is 2.53. The van der Waals surface area contributed by atoms with Crippen LogP contribution in [-0.2, 0) is 10.2 Å². The molecular formula is C18H26BrNO2. The van der Waals surface area contributed by atoms with E-state index in [-0.39, 0.29) is 11.6 Å². The molecule has 122 valence electrons. The Bertz CT molecular complexity index is 524. The smallest absolute Gasteiger partial charge is 0.122 e. The lowest BCUT2D eigenvalue weighted by Gasteiger charge is -2.56. The van der Waals surface area contributed by atoms with Gasteiger partial charge in [0.25, 0.3) is 0 Å². The van der Waals surface area contributed by atoms with E-state index in [9.17, 15) is 0 Å². The molecule has 0 spiro atoms. The second-order valence-corrected chi connectivity index (χ2v) is 7.50. The van der Waals surface area contributed by atoms with Gasteiger partial charge in [-0.25, -0.2) is 0 Å². The van der Waals surface area contributed by atoms with Gasteiger partial charge in [-0.15, -0.1) is 0 Å². The van der Waals surface area contributed by atoms with Crippen molar-refractivity contribution in [2.75, 3.05) is 26.0 Å². The predicted molar refractivity (Wildman–Crippen MR) is 92.8 cm³/mol. The summed E-state index contributed by atoms with van der Waals surface area (Å²) in [5.41, 5.74) is 1.53. The van der Waals surface area contributed by atoms with Gasteiger partial charge in [-0.2, -0.15) is 0 Å². The summed E-state index contributed by atoms with van der Waals surface area (Å²) in [5.74, 6) is 1.49. The van der Waals surface area contributed by atoms with E-state index in [4.69, 9.17) is 9.47 Å². The molecule has 2 aliphatic heterocycles. The van der Waals surface area contributed by atoms with Crippen LogP contribution in [0.25, 0.3) is 0 Å². The minimum atomic E-state index is 0.162. The summed E-state index contributed by atoms with van der Waals surface area (Å²) in [6.45, 7) is 3.42. The molecule has 1 aromatic rings. The van der Waals surface area contributed by atoms with Crippen LogP contribution in [0.4, 0.5) is 0 Å². The van der Waals surface area contributed by atoms with Crippen molar-refractivity contribution in [3.8, 4) is 5.75 Å². The Labute approximate surface area is 142 Å². The third-order valence-electron chi connectivity index (χ3n) is 5.64. The van der Waals surface area contributed by atoms with Crippen molar-refractivity contribution in [2.24, 2.45) is 5.92 Å². The summed E-state index contributed by atoms with van der Waals surface area (Å²) in [6.07, 6.45) is 3.84. The molecule has 2 saturated heterocycles. The molecule has 4 heteroatoms. The summed E-state index contributed by atoms with van der Waals surface area (Å²) in [6, 6.07) is 8.56. The molecule has 0 amide bonds. The zero-order valence-corrected chi connectivity index (χ0v) is 15.3. The van der Waals surface area contributed by atoms with Crippen molar-refractivity contribution in [1.82, 2.24) is 4.90 Å². The first-order valence-electron chi connectivity index (χ1n) is 8.17. The lowest BCUT2D eigenvalue weighted by atomic mass is 9.61. The molecule has 0 aromatic heterocycles. The van der Waals surface area contributed by atoms with E-state index in [1.165, 1.54) is 12.0 Å². The Morgan fingerprint density at radius 2 is 2.18 bits per heavy atom. The largest absolute Gasteiger partial charge is 0.496 e. The average molecular weight is 368 g/mol.